The van der Waals surface area contributed by atoms with Crippen LogP contribution >= 0.6 is 11.6 Å². The monoisotopic (exact) mass is 367 g/mol. The third-order valence-electron chi connectivity index (χ3n) is 4.22. The Labute approximate surface area is 157 Å². The summed E-state index contributed by atoms with van der Waals surface area (Å²) in [4.78, 5) is 12.6. The fourth-order valence-corrected chi connectivity index (χ4v) is 2.97. The highest BCUT2D eigenvalue weighted by Gasteiger charge is 2.18. The molecule has 0 aliphatic heterocycles. The second kappa shape index (κ2) is 8.15. The van der Waals surface area contributed by atoms with Gasteiger partial charge in [-0.15, -0.1) is 0 Å². The second-order valence-corrected chi connectivity index (χ2v) is 6.67. The second-order valence-electron chi connectivity index (χ2n) is 6.23. The summed E-state index contributed by atoms with van der Waals surface area (Å²) in [7, 11) is 0. The number of rotatable bonds is 5. The Bertz CT molecular complexity index is 894. The van der Waals surface area contributed by atoms with E-state index in [1.165, 1.54) is 6.07 Å². The maximum atomic E-state index is 14.0. The van der Waals surface area contributed by atoms with E-state index in [1.807, 2.05) is 61.5 Å². The van der Waals surface area contributed by atoms with E-state index in [1.54, 1.807) is 12.1 Å². The van der Waals surface area contributed by atoms with Gasteiger partial charge in [-0.2, -0.15) is 0 Å². The van der Waals surface area contributed by atoms with Crippen molar-refractivity contribution in [3.63, 3.8) is 0 Å². The molecule has 26 heavy (non-hydrogen) atoms. The summed E-state index contributed by atoms with van der Waals surface area (Å²) in [6.45, 7) is 2.02. The molecule has 0 fully saturated rings. The van der Waals surface area contributed by atoms with Crippen LogP contribution in [0.5, 0.6) is 0 Å². The van der Waals surface area contributed by atoms with Crippen molar-refractivity contribution in [1.82, 2.24) is 5.32 Å². The smallest absolute Gasteiger partial charge is 0.225 e. The molecule has 1 N–H and O–H groups in total. The SMILES string of the molecule is Cc1ccc(C(NC(=O)Cc2ccc(Cl)cc2F)c2ccccc2)cc1. The Kier molecular flexibility index (Phi) is 5.69. The van der Waals surface area contributed by atoms with E-state index in [9.17, 15) is 9.18 Å². The molecule has 132 valence electrons. The van der Waals surface area contributed by atoms with Crippen LogP contribution in [0.15, 0.2) is 72.8 Å². The molecular weight excluding hydrogens is 349 g/mol. The van der Waals surface area contributed by atoms with E-state index < -0.39 is 5.82 Å². The highest BCUT2D eigenvalue weighted by atomic mass is 35.5. The van der Waals surface area contributed by atoms with Gasteiger partial charge in [0.05, 0.1) is 12.5 Å². The minimum Gasteiger partial charge on any atom is -0.345 e. The van der Waals surface area contributed by atoms with E-state index in [0.717, 1.165) is 16.7 Å². The summed E-state index contributed by atoms with van der Waals surface area (Å²) in [5.41, 5.74) is 3.42. The lowest BCUT2D eigenvalue weighted by Crippen LogP contribution is -2.30. The average Bonchev–Trinajstić information content (AvgIpc) is 2.64. The Morgan fingerprint density at radius 2 is 1.65 bits per heavy atom. The number of aryl methyl sites for hydroxylation is 1. The van der Waals surface area contributed by atoms with Crippen molar-refractivity contribution in [1.29, 1.82) is 0 Å². The lowest BCUT2D eigenvalue weighted by Gasteiger charge is -2.20. The lowest BCUT2D eigenvalue weighted by molar-refractivity contribution is -0.121. The molecule has 2 nitrogen and oxygen atoms in total. The van der Waals surface area contributed by atoms with Crippen LogP contribution in [0, 0.1) is 12.7 Å². The van der Waals surface area contributed by atoms with E-state index >= 15 is 0 Å². The molecule has 0 spiro atoms. The Morgan fingerprint density at radius 3 is 2.31 bits per heavy atom. The summed E-state index contributed by atoms with van der Waals surface area (Å²) in [6, 6.07) is 21.8. The van der Waals surface area contributed by atoms with Gasteiger partial charge in [0, 0.05) is 5.02 Å². The molecule has 1 atom stereocenters. The van der Waals surface area contributed by atoms with Crippen molar-refractivity contribution in [2.45, 2.75) is 19.4 Å². The van der Waals surface area contributed by atoms with Gasteiger partial charge in [0.25, 0.3) is 0 Å². The minimum atomic E-state index is -0.473. The molecule has 4 heteroatoms. The number of nitrogens with one attached hydrogen (secondary N) is 1. The third kappa shape index (κ3) is 4.50. The first-order valence-corrected chi connectivity index (χ1v) is 8.75. The highest BCUT2D eigenvalue weighted by molar-refractivity contribution is 6.30. The van der Waals surface area contributed by atoms with E-state index in [4.69, 9.17) is 11.6 Å². The van der Waals surface area contributed by atoms with Crippen molar-refractivity contribution < 1.29 is 9.18 Å². The predicted octanol–water partition coefficient (Wildman–Crippen LogP) is 5.24. The summed E-state index contributed by atoms with van der Waals surface area (Å²) in [6.07, 6.45) is -0.0435. The fourth-order valence-electron chi connectivity index (χ4n) is 2.81. The molecule has 3 aromatic carbocycles. The zero-order valence-electron chi connectivity index (χ0n) is 14.4. The largest absolute Gasteiger partial charge is 0.345 e. The van der Waals surface area contributed by atoms with Gasteiger partial charge in [-0.3, -0.25) is 4.79 Å². The maximum absolute atomic E-state index is 14.0. The van der Waals surface area contributed by atoms with Gasteiger partial charge in [0.2, 0.25) is 5.91 Å². The molecule has 0 saturated carbocycles. The van der Waals surface area contributed by atoms with Crippen LogP contribution < -0.4 is 5.32 Å². The number of hydrogen-bond donors (Lipinski definition) is 1. The molecule has 0 bridgehead atoms. The number of amides is 1. The van der Waals surface area contributed by atoms with Gasteiger partial charge >= 0.3 is 0 Å². The molecular formula is C22H19ClFNO. The molecule has 0 heterocycles. The predicted molar refractivity (Wildman–Crippen MR) is 103 cm³/mol. The molecule has 0 saturated heterocycles. The molecule has 3 rings (SSSR count). The number of carbonyl (C=O) groups is 1. The normalized spacial score (nSPS) is 11.8. The van der Waals surface area contributed by atoms with E-state index in [-0.39, 0.29) is 18.4 Å². The van der Waals surface area contributed by atoms with Crippen LogP contribution in [0.2, 0.25) is 5.02 Å². The average molecular weight is 368 g/mol. The molecule has 3 aromatic rings. The van der Waals surface area contributed by atoms with Gasteiger partial charge in [0.15, 0.2) is 0 Å². The first-order chi connectivity index (χ1) is 12.5. The zero-order chi connectivity index (χ0) is 18.5. The Morgan fingerprint density at radius 1 is 1.00 bits per heavy atom. The number of benzene rings is 3. The molecule has 1 unspecified atom stereocenters. The molecule has 1 amide bonds. The maximum Gasteiger partial charge on any atom is 0.225 e. The first-order valence-electron chi connectivity index (χ1n) is 8.38. The van der Waals surface area contributed by atoms with Crippen molar-refractivity contribution >= 4 is 17.5 Å². The van der Waals surface area contributed by atoms with E-state index in [0.29, 0.717) is 10.6 Å². The lowest BCUT2D eigenvalue weighted by atomic mass is 9.97. The number of halogens is 2. The molecule has 0 aromatic heterocycles. The van der Waals surface area contributed by atoms with Gasteiger partial charge in [-0.25, -0.2) is 4.39 Å². The summed E-state index contributed by atoms with van der Waals surface area (Å²) in [5, 5.41) is 3.33. The van der Waals surface area contributed by atoms with Gasteiger partial charge in [0.1, 0.15) is 5.82 Å². The number of hydrogen-bond acceptors (Lipinski definition) is 1. The van der Waals surface area contributed by atoms with Crippen molar-refractivity contribution in [2.75, 3.05) is 0 Å². The van der Waals surface area contributed by atoms with Gasteiger partial charge < -0.3 is 5.32 Å². The Hall–Kier alpha value is -2.65. The van der Waals surface area contributed by atoms with Crippen molar-refractivity contribution in [3.8, 4) is 0 Å². The van der Waals surface area contributed by atoms with Crippen LogP contribution in [0.4, 0.5) is 4.39 Å². The van der Waals surface area contributed by atoms with Crippen molar-refractivity contribution in [3.05, 3.63) is 106 Å². The van der Waals surface area contributed by atoms with Crippen LogP contribution in [0.25, 0.3) is 0 Å². The quantitative estimate of drug-likeness (QED) is 0.656. The standard InChI is InChI=1S/C22H19ClFNO/c1-15-7-9-17(10-8-15)22(16-5-3-2-4-6-16)25-21(26)13-18-11-12-19(23)14-20(18)24/h2-12,14,22H,13H2,1H3,(H,25,26). The molecule has 0 aliphatic carbocycles. The van der Waals surface area contributed by atoms with Gasteiger partial charge in [-0.1, -0.05) is 77.8 Å². The van der Waals surface area contributed by atoms with Crippen LogP contribution in [-0.4, -0.2) is 5.91 Å². The summed E-state index contributed by atoms with van der Waals surface area (Å²) < 4.78 is 14.0. The van der Waals surface area contributed by atoms with Crippen LogP contribution in [-0.2, 0) is 11.2 Å². The topological polar surface area (TPSA) is 29.1 Å². The van der Waals surface area contributed by atoms with Gasteiger partial charge in [-0.05, 0) is 35.7 Å². The summed E-state index contributed by atoms with van der Waals surface area (Å²) in [5.74, 6) is -0.722. The van der Waals surface area contributed by atoms with Crippen LogP contribution in [0.3, 0.4) is 0 Å². The zero-order valence-corrected chi connectivity index (χ0v) is 15.1. The minimum absolute atomic E-state index is 0.0435. The van der Waals surface area contributed by atoms with Crippen LogP contribution in [0.1, 0.15) is 28.3 Å². The molecule has 0 radical (unpaired) electrons. The third-order valence-corrected chi connectivity index (χ3v) is 4.45. The van der Waals surface area contributed by atoms with Crippen molar-refractivity contribution in [2.24, 2.45) is 0 Å². The number of carbonyl (C=O) groups excluding carboxylic acids is 1. The fraction of sp³-hybridized carbons (Fsp3) is 0.136. The Balaban J connectivity index is 1.83. The first kappa shape index (κ1) is 18.2. The molecule has 0 aliphatic rings. The highest BCUT2D eigenvalue weighted by Crippen LogP contribution is 2.23. The summed E-state index contributed by atoms with van der Waals surface area (Å²) >= 11 is 5.77. The van der Waals surface area contributed by atoms with E-state index in [2.05, 4.69) is 5.32 Å².